The molecule has 3 heterocycles. The number of hydrogen-bond acceptors (Lipinski definition) is 6. The molecule has 176 valence electrons. The highest BCUT2D eigenvalue weighted by Crippen LogP contribution is 2.29. The van der Waals surface area contributed by atoms with E-state index in [2.05, 4.69) is 46.2 Å². The number of piperazine rings is 1. The number of methoxy groups -OCH3 is 1. The van der Waals surface area contributed by atoms with Crippen LogP contribution in [0.4, 0.5) is 0 Å². The van der Waals surface area contributed by atoms with Crippen molar-refractivity contribution in [1.82, 2.24) is 24.9 Å². The molecule has 0 saturated carbocycles. The van der Waals surface area contributed by atoms with Crippen LogP contribution in [0.5, 0.6) is 5.75 Å². The van der Waals surface area contributed by atoms with E-state index in [9.17, 15) is 9.59 Å². The molecule has 3 aliphatic heterocycles. The summed E-state index contributed by atoms with van der Waals surface area (Å²) in [6.07, 6.45) is 2.29. The van der Waals surface area contributed by atoms with Gasteiger partial charge in [-0.1, -0.05) is 12.1 Å². The van der Waals surface area contributed by atoms with E-state index in [1.807, 2.05) is 17.0 Å². The molecular weight excluding hydrogens is 406 g/mol. The third-order valence-electron chi connectivity index (χ3n) is 7.44. The Kier molecular flexibility index (Phi) is 7.33. The zero-order valence-electron chi connectivity index (χ0n) is 19.6. The lowest BCUT2D eigenvalue weighted by Crippen LogP contribution is -2.50. The van der Waals surface area contributed by atoms with E-state index in [0.29, 0.717) is 13.0 Å². The van der Waals surface area contributed by atoms with Crippen molar-refractivity contribution in [2.75, 3.05) is 60.5 Å². The van der Waals surface area contributed by atoms with Crippen molar-refractivity contribution < 1.29 is 14.3 Å². The molecule has 2 amide bonds. The highest BCUT2D eigenvalue weighted by atomic mass is 16.5. The summed E-state index contributed by atoms with van der Waals surface area (Å²) in [6, 6.07) is 8.28. The number of benzene rings is 1. The number of hydrogen-bond donors (Lipinski definition) is 1. The number of ether oxygens (including phenoxy) is 1. The molecule has 1 aromatic carbocycles. The molecule has 4 rings (SSSR count). The van der Waals surface area contributed by atoms with Gasteiger partial charge < -0.3 is 19.9 Å². The Morgan fingerprint density at radius 3 is 2.50 bits per heavy atom. The van der Waals surface area contributed by atoms with E-state index in [0.717, 1.165) is 57.9 Å². The standard InChI is InChI=1S/C24H37N5O3/c1-26-12-14-28(15-13-26)22(30)9-6-19-16-25-24(31)23-21(27(19)2)10-11-29(23)17-18-4-7-20(32-3)8-5-18/h4-5,7-8,19,21,23H,6,9-17H2,1-3H3,(H,25,31). The first-order valence-corrected chi connectivity index (χ1v) is 11.8. The predicted molar refractivity (Wildman–Crippen MR) is 123 cm³/mol. The van der Waals surface area contributed by atoms with Gasteiger partial charge in [0, 0.05) is 64.3 Å². The van der Waals surface area contributed by atoms with Gasteiger partial charge in [-0.3, -0.25) is 19.4 Å². The van der Waals surface area contributed by atoms with E-state index >= 15 is 0 Å². The minimum atomic E-state index is -0.152. The molecule has 0 aliphatic carbocycles. The third kappa shape index (κ3) is 5.08. The Balaban J connectivity index is 1.35. The first kappa shape index (κ1) is 23.0. The second kappa shape index (κ2) is 10.2. The maximum absolute atomic E-state index is 13.0. The van der Waals surface area contributed by atoms with Gasteiger partial charge in [0.1, 0.15) is 11.8 Å². The average molecular weight is 444 g/mol. The lowest BCUT2D eigenvalue weighted by molar-refractivity contribution is -0.133. The number of carbonyl (C=O) groups is 2. The topological polar surface area (TPSA) is 68.4 Å². The minimum Gasteiger partial charge on any atom is -0.497 e. The van der Waals surface area contributed by atoms with Crippen LogP contribution in [0.15, 0.2) is 24.3 Å². The first-order valence-electron chi connectivity index (χ1n) is 11.8. The second-order valence-electron chi connectivity index (χ2n) is 9.41. The van der Waals surface area contributed by atoms with E-state index in [1.54, 1.807) is 7.11 Å². The summed E-state index contributed by atoms with van der Waals surface area (Å²) in [6.45, 7) is 5.77. The number of rotatable bonds is 6. The number of nitrogens with one attached hydrogen (secondary N) is 1. The van der Waals surface area contributed by atoms with E-state index in [1.165, 1.54) is 5.56 Å². The molecule has 8 nitrogen and oxygen atoms in total. The predicted octanol–water partition coefficient (Wildman–Crippen LogP) is 0.623. The number of likely N-dealkylation sites (tertiary alicyclic amines) is 1. The fraction of sp³-hybridized carbons (Fsp3) is 0.667. The maximum Gasteiger partial charge on any atom is 0.239 e. The third-order valence-corrected chi connectivity index (χ3v) is 7.44. The molecule has 8 heteroatoms. The monoisotopic (exact) mass is 443 g/mol. The molecule has 32 heavy (non-hydrogen) atoms. The Morgan fingerprint density at radius 1 is 1.09 bits per heavy atom. The molecule has 3 aliphatic rings. The highest BCUT2D eigenvalue weighted by Gasteiger charge is 2.45. The van der Waals surface area contributed by atoms with Crippen LogP contribution in [0.1, 0.15) is 24.8 Å². The molecule has 0 radical (unpaired) electrons. The van der Waals surface area contributed by atoms with Crippen molar-refractivity contribution in [3.8, 4) is 5.75 Å². The summed E-state index contributed by atoms with van der Waals surface area (Å²) in [4.78, 5) is 34.6. The van der Waals surface area contributed by atoms with Crippen molar-refractivity contribution in [2.45, 2.75) is 43.9 Å². The van der Waals surface area contributed by atoms with Gasteiger partial charge in [-0.05, 0) is 44.6 Å². The van der Waals surface area contributed by atoms with Gasteiger partial charge in [0.15, 0.2) is 0 Å². The second-order valence-corrected chi connectivity index (χ2v) is 9.41. The largest absolute Gasteiger partial charge is 0.497 e. The summed E-state index contributed by atoms with van der Waals surface area (Å²) in [5, 5.41) is 3.17. The van der Waals surface area contributed by atoms with Crippen molar-refractivity contribution in [1.29, 1.82) is 0 Å². The van der Waals surface area contributed by atoms with Gasteiger partial charge >= 0.3 is 0 Å². The fourth-order valence-electron chi connectivity index (χ4n) is 5.30. The van der Waals surface area contributed by atoms with Crippen LogP contribution in [-0.2, 0) is 16.1 Å². The van der Waals surface area contributed by atoms with Crippen LogP contribution in [0, 0.1) is 0 Å². The van der Waals surface area contributed by atoms with Crippen LogP contribution in [0.25, 0.3) is 0 Å². The van der Waals surface area contributed by atoms with E-state index in [-0.39, 0.29) is 29.9 Å². The highest BCUT2D eigenvalue weighted by molar-refractivity contribution is 5.83. The average Bonchev–Trinajstić information content (AvgIpc) is 3.18. The molecule has 1 aromatic rings. The fourth-order valence-corrected chi connectivity index (χ4v) is 5.30. The van der Waals surface area contributed by atoms with Crippen LogP contribution in [0.3, 0.4) is 0 Å². The lowest BCUT2D eigenvalue weighted by Gasteiger charge is -2.35. The lowest BCUT2D eigenvalue weighted by atomic mass is 10.0. The van der Waals surface area contributed by atoms with Gasteiger partial charge in [-0.15, -0.1) is 0 Å². The van der Waals surface area contributed by atoms with Gasteiger partial charge in [-0.25, -0.2) is 0 Å². The van der Waals surface area contributed by atoms with Crippen molar-refractivity contribution >= 4 is 11.8 Å². The molecule has 1 N–H and O–H groups in total. The number of carbonyl (C=O) groups excluding carboxylic acids is 2. The zero-order valence-corrected chi connectivity index (χ0v) is 19.6. The quantitative estimate of drug-likeness (QED) is 0.696. The number of nitrogens with zero attached hydrogens (tertiary/aromatic N) is 4. The Hall–Kier alpha value is -2.16. The number of amides is 2. The molecule has 0 aromatic heterocycles. The summed E-state index contributed by atoms with van der Waals surface area (Å²) in [5.74, 6) is 1.20. The van der Waals surface area contributed by atoms with Gasteiger partial charge in [0.05, 0.1) is 7.11 Å². The molecule has 3 unspecified atom stereocenters. The van der Waals surface area contributed by atoms with Crippen molar-refractivity contribution in [2.24, 2.45) is 0 Å². The first-order chi connectivity index (χ1) is 15.5. The molecule has 0 bridgehead atoms. The van der Waals surface area contributed by atoms with E-state index < -0.39 is 0 Å². The molecule has 3 saturated heterocycles. The molecule has 0 spiro atoms. The SMILES string of the molecule is COc1ccc(CN2CCC3C2C(=O)NCC(CCC(=O)N2CCN(C)CC2)N3C)cc1. The van der Waals surface area contributed by atoms with E-state index in [4.69, 9.17) is 4.74 Å². The molecule has 3 atom stereocenters. The number of likely N-dealkylation sites (N-methyl/N-ethyl adjacent to an activating group) is 2. The van der Waals surface area contributed by atoms with Crippen LogP contribution in [0.2, 0.25) is 0 Å². The van der Waals surface area contributed by atoms with Gasteiger partial charge in [0.25, 0.3) is 0 Å². The summed E-state index contributed by atoms with van der Waals surface area (Å²) in [7, 11) is 5.89. The molecule has 3 fully saturated rings. The summed E-state index contributed by atoms with van der Waals surface area (Å²) < 4.78 is 5.25. The zero-order chi connectivity index (χ0) is 22.7. The normalized spacial score (nSPS) is 27.7. The summed E-state index contributed by atoms with van der Waals surface area (Å²) in [5.41, 5.74) is 1.18. The Labute approximate surface area is 191 Å². The van der Waals surface area contributed by atoms with Crippen molar-refractivity contribution in [3.63, 3.8) is 0 Å². The van der Waals surface area contributed by atoms with Gasteiger partial charge in [-0.2, -0.15) is 0 Å². The van der Waals surface area contributed by atoms with Crippen molar-refractivity contribution in [3.05, 3.63) is 29.8 Å². The Morgan fingerprint density at radius 2 is 1.81 bits per heavy atom. The smallest absolute Gasteiger partial charge is 0.239 e. The van der Waals surface area contributed by atoms with Gasteiger partial charge in [0.2, 0.25) is 11.8 Å². The maximum atomic E-state index is 13.0. The number of fused-ring (bicyclic) bond motifs is 1. The minimum absolute atomic E-state index is 0.112. The Bertz CT molecular complexity index is 793. The molecular formula is C24H37N5O3. The van der Waals surface area contributed by atoms with Crippen LogP contribution < -0.4 is 10.1 Å². The van der Waals surface area contributed by atoms with Crippen LogP contribution >= 0.6 is 0 Å². The summed E-state index contributed by atoms with van der Waals surface area (Å²) >= 11 is 0. The van der Waals surface area contributed by atoms with Crippen LogP contribution in [-0.4, -0.2) is 110 Å².